The molecule has 7 heteroatoms. The number of hydrogen-bond acceptors (Lipinski definition) is 4. The summed E-state index contributed by atoms with van der Waals surface area (Å²) in [6.07, 6.45) is 7.23. The molecule has 3 N–H and O–H groups in total. The van der Waals surface area contributed by atoms with Crippen LogP contribution in [0.3, 0.4) is 0 Å². The van der Waals surface area contributed by atoms with Crippen LogP contribution >= 0.6 is 24.0 Å². The lowest BCUT2D eigenvalue weighted by Gasteiger charge is -2.61. The molecule has 3 atom stereocenters. The first-order chi connectivity index (χ1) is 12.2. The summed E-state index contributed by atoms with van der Waals surface area (Å²) in [6.45, 7) is 7.27. The summed E-state index contributed by atoms with van der Waals surface area (Å²) < 4.78 is 11.5. The van der Waals surface area contributed by atoms with Gasteiger partial charge >= 0.3 is 0 Å². The maximum Gasteiger partial charge on any atom is 0.191 e. The molecular weight excluding hydrogens is 445 g/mol. The summed E-state index contributed by atoms with van der Waals surface area (Å²) in [5.41, 5.74) is 0.304. The van der Waals surface area contributed by atoms with Crippen molar-refractivity contribution in [2.75, 3.05) is 32.9 Å². The van der Waals surface area contributed by atoms with Gasteiger partial charge < -0.3 is 25.2 Å². The van der Waals surface area contributed by atoms with Gasteiger partial charge in [0.05, 0.1) is 25.4 Å². The lowest BCUT2D eigenvalue weighted by molar-refractivity contribution is -0.168. The van der Waals surface area contributed by atoms with Crippen molar-refractivity contribution < 1.29 is 14.6 Å². The Morgan fingerprint density at radius 1 is 1.31 bits per heavy atom. The summed E-state index contributed by atoms with van der Waals surface area (Å²) in [7, 11) is 0. The van der Waals surface area contributed by atoms with Gasteiger partial charge in [-0.3, -0.25) is 4.99 Å². The predicted molar refractivity (Wildman–Crippen MR) is 114 cm³/mol. The van der Waals surface area contributed by atoms with Crippen molar-refractivity contribution in [2.24, 2.45) is 16.3 Å². The largest absolute Gasteiger partial charge is 0.389 e. The fourth-order valence-corrected chi connectivity index (χ4v) is 4.03. The topological polar surface area (TPSA) is 75.1 Å². The summed E-state index contributed by atoms with van der Waals surface area (Å²) in [5.74, 6) is 1.53. The van der Waals surface area contributed by atoms with Crippen LogP contribution in [0.2, 0.25) is 0 Å². The highest BCUT2D eigenvalue weighted by Gasteiger charge is 2.59. The molecule has 3 fully saturated rings. The van der Waals surface area contributed by atoms with Gasteiger partial charge in [0.25, 0.3) is 0 Å². The Bertz CT molecular complexity index is 455. The number of ether oxygens (including phenoxy) is 2. The third kappa shape index (κ3) is 5.45. The average Bonchev–Trinajstić information content (AvgIpc) is 3.34. The van der Waals surface area contributed by atoms with Crippen LogP contribution in [0.25, 0.3) is 0 Å². The van der Waals surface area contributed by atoms with Gasteiger partial charge in [0.1, 0.15) is 0 Å². The Morgan fingerprint density at radius 2 is 2.08 bits per heavy atom. The minimum absolute atomic E-state index is 0. The van der Waals surface area contributed by atoms with E-state index < -0.39 is 6.10 Å². The molecule has 0 aromatic carbocycles. The van der Waals surface area contributed by atoms with E-state index in [0.29, 0.717) is 30.7 Å². The molecule has 0 saturated heterocycles. The number of aliphatic imine (C=N–C) groups is 1. The van der Waals surface area contributed by atoms with Crippen LogP contribution in [0.1, 0.15) is 52.4 Å². The van der Waals surface area contributed by atoms with Crippen molar-refractivity contribution in [1.82, 2.24) is 10.6 Å². The summed E-state index contributed by atoms with van der Waals surface area (Å²) in [4.78, 5) is 4.57. The number of aliphatic hydroxyl groups excluding tert-OH is 1. The van der Waals surface area contributed by atoms with Crippen molar-refractivity contribution in [3.05, 3.63) is 0 Å². The minimum Gasteiger partial charge on any atom is -0.389 e. The monoisotopic (exact) mass is 481 g/mol. The number of hydrogen-bond donors (Lipinski definition) is 3. The fourth-order valence-electron chi connectivity index (χ4n) is 4.03. The Morgan fingerprint density at radius 3 is 2.65 bits per heavy atom. The van der Waals surface area contributed by atoms with E-state index in [1.54, 1.807) is 0 Å². The van der Waals surface area contributed by atoms with Crippen LogP contribution in [0, 0.1) is 11.3 Å². The van der Waals surface area contributed by atoms with E-state index in [1.807, 2.05) is 0 Å². The first kappa shape index (κ1) is 22.2. The van der Waals surface area contributed by atoms with E-state index in [9.17, 15) is 5.11 Å². The quantitative estimate of drug-likeness (QED) is 0.254. The van der Waals surface area contributed by atoms with E-state index in [1.165, 1.54) is 32.1 Å². The molecule has 0 amide bonds. The Labute approximate surface area is 174 Å². The highest BCUT2D eigenvalue weighted by atomic mass is 127. The number of aliphatic hydroxyl groups is 1. The molecule has 0 aromatic rings. The molecule has 1 spiro atoms. The van der Waals surface area contributed by atoms with Crippen molar-refractivity contribution in [3.8, 4) is 0 Å². The maximum absolute atomic E-state index is 10.1. The zero-order valence-electron chi connectivity index (χ0n) is 16.2. The standard InChI is InChI=1S/C19H35N3O3.HI/c1-3-20-18(21-11-15(23)13-24-12-14-6-7-14)22-16-10-17(25-4-2)19(16)8-5-9-19;/h14-17,23H,3-13H2,1-2H3,(H2,20,21,22);1H. The first-order valence-electron chi connectivity index (χ1n) is 10.1. The van der Waals surface area contributed by atoms with Crippen molar-refractivity contribution >= 4 is 29.9 Å². The van der Waals surface area contributed by atoms with Crippen LogP contribution < -0.4 is 10.6 Å². The van der Waals surface area contributed by atoms with Gasteiger partial charge in [0.2, 0.25) is 0 Å². The lowest BCUT2D eigenvalue weighted by atomic mass is 9.51. The summed E-state index contributed by atoms with van der Waals surface area (Å²) in [5, 5.41) is 17.0. The Balaban J connectivity index is 0.00000243. The van der Waals surface area contributed by atoms with E-state index in [0.717, 1.165) is 38.1 Å². The Hall–Kier alpha value is -0.120. The Kier molecular flexibility index (Phi) is 8.90. The van der Waals surface area contributed by atoms with Gasteiger partial charge in [0, 0.05) is 31.2 Å². The molecule has 3 rings (SSSR count). The number of rotatable bonds is 10. The molecule has 0 heterocycles. The smallest absolute Gasteiger partial charge is 0.191 e. The molecule has 3 saturated carbocycles. The highest BCUT2D eigenvalue weighted by Crippen LogP contribution is 2.57. The second-order valence-electron chi connectivity index (χ2n) is 7.82. The van der Waals surface area contributed by atoms with Gasteiger partial charge in [-0.25, -0.2) is 0 Å². The second-order valence-corrected chi connectivity index (χ2v) is 7.82. The van der Waals surface area contributed by atoms with E-state index in [4.69, 9.17) is 9.47 Å². The third-order valence-corrected chi connectivity index (χ3v) is 5.91. The molecule has 0 aromatic heterocycles. The molecule has 26 heavy (non-hydrogen) atoms. The number of nitrogens with zero attached hydrogens (tertiary/aromatic N) is 1. The molecule has 3 aliphatic carbocycles. The van der Waals surface area contributed by atoms with Crippen molar-refractivity contribution in [3.63, 3.8) is 0 Å². The summed E-state index contributed by atoms with van der Waals surface area (Å²) >= 11 is 0. The number of nitrogens with one attached hydrogen (secondary N) is 2. The maximum atomic E-state index is 10.1. The average molecular weight is 481 g/mol. The van der Waals surface area contributed by atoms with Crippen LogP contribution in [0.5, 0.6) is 0 Å². The van der Waals surface area contributed by atoms with Crippen LogP contribution in [-0.2, 0) is 9.47 Å². The lowest BCUT2D eigenvalue weighted by Crippen LogP contribution is -2.68. The first-order valence-corrected chi connectivity index (χ1v) is 10.1. The molecule has 0 radical (unpaired) electrons. The highest BCUT2D eigenvalue weighted by molar-refractivity contribution is 14.0. The number of guanidine groups is 1. The zero-order chi connectivity index (χ0) is 17.7. The molecular formula is C19H36IN3O3. The molecule has 6 nitrogen and oxygen atoms in total. The van der Waals surface area contributed by atoms with E-state index >= 15 is 0 Å². The second kappa shape index (κ2) is 10.4. The number of halogens is 1. The molecule has 0 aliphatic heterocycles. The van der Waals surface area contributed by atoms with E-state index in [2.05, 4.69) is 29.5 Å². The van der Waals surface area contributed by atoms with Crippen molar-refractivity contribution in [1.29, 1.82) is 0 Å². The van der Waals surface area contributed by atoms with Crippen LogP contribution in [0.15, 0.2) is 4.99 Å². The normalized spacial score (nSPS) is 27.9. The van der Waals surface area contributed by atoms with Crippen LogP contribution in [-0.4, -0.2) is 62.2 Å². The molecule has 152 valence electrons. The van der Waals surface area contributed by atoms with E-state index in [-0.39, 0.29) is 24.0 Å². The summed E-state index contributed by atoms with van der Waals surface area (Å²) in [6, 6.07) is 0.429. The predicted octanol–water partition coefficient (Wildman–Crippen LogP) is 2.29. The van der Waals surface area contributed by atoms with Gasteiger partial charge in [-0.1, -0.05) is 6.42 Å². The van der Waals surface area contributed by atoms with Gasteiger partial charge in [-0.15, -0.1) is 24.0 Å². The molecule has 3 unspecified atom stereocenters. The van der Waals surface area contributed by atoms with Gasteiger partial charge in [-0.05, 0) is 51.9 Å². The van der Waals surface area contributed by atoms with Crippen molar-refractivity contribution in [2.45, 2.75) is 70.6 Å². The fraction of sp³-hybridized carbons (Fsp3) is 0.947. The van der Waals surface area contributed by atoms with Gasteiger partial charge in [0.15, 0.2) is 5.96 Å². The zero-order valence-corrected chi connectivity index (χ0v) is 18.5. The molecule has 3 aliphatic rings. The van der Waals surface area contributed by atoms with Gasteiger partial charge in [-0.2, -0.15) is 0 Å². The molecule has 0 bridgehead atoms. The minimum atomic E-state index is -0.538. The SMILES string of the molecule is CCNC(=NCC(O)COCC1CC1)NC1CC(OCC)C12CCC2.I. The third-order valence-electron chi connectivity index (χ3n) is 5.91. The van der Waals surface area contributed by atoms with Crippen LogP contribution in [0.4, 0.5) is 0 Å².